The lowest BCUT2D eigenvalue weighted by molar-refractivity contribution is -0.275. The predicted molar refractivity (Wildman–Crippen MR) is 110 cm³/mol. The minimum absolute atomic E-state index is 0.0799. The lowest BCUT2D eigenvalue weighted by Crippen LogP contribution is -2.42. The second-order valence-corrected chi connectivity index (χ2v) is 8.20. The van der Waals surface area contributed by atoms with Crippen molar-refractivity contribution in [3.63, 3.8) is 0 Å². The first-order valence-corrected chi connectivity index (χ1v) is 9.82. The second kappa shape index (κ2) is 7.48. The molecule has 10 heteroatoms. The predicted octanol–water partition coefficient (Wildman–Crippen LogP) is 6.72. The van der Waals surface area contributed by atoms with E-state index in [9.17, 15) is 13.2 Å². The van der Waals surface area contributed by atoms with Crippen molar-refractivity contribution in [2.75, 3.05) is 0 Å². The van der Waals surface area contributed by atoms with Crippen LogP contribution < -0.4 is 0 Å². The van der Waals surface area contributed by atoms with E-state index in [1.54, 1.807) is 29.1 Å². The summed E-state index contributed by atoms with van der Waals surface area (Å²) < 4.78 is 43.9. The van der Waals surface area contributed by atoms with Crippen molar-refractivity contribution in [2.24, 2.45) is 5.16 Å². The van der Waals surface area contributed by atoms with Gasteiger partial charge in [-0.1, -0.05) is 46.0 Å². The molecular weight excluding hydrogens is 462 g/mol. The number of halogens is 6. The Labute approximate surface area is 184 Å². The molecule has 1 aromatic heterocycles. The van der Waals surface area contributed by atoms with Gasteiger partial charge < -0.3 is 4.84 Å². The fourth-order valence-corrected chi connectivity index (χ4v) is 4.03. The highest BCUT2D eigenvalue weighted by molar-refractivity contribution is 6.34. The molecule has 3 aromatic rings. The number of hydrogen-bond donors (Lipinski definition) is 0. The van der Waals surface area contributed by atoms with Crippen LogP contribution in [0.5, 0.6) is 0 Å². The Morgan fingerprint density at radius 1 is 1.03 bits per heavy atom. The summed E-state index contributed by atoms with van der Waals surface area (Å²) in [6.07, 6.45) is -2.12. The summed E-state index contributed by atoms with van der Waals surface area (Å²) in [5.74, 6) is 0. The molecule has 0 amide bonds. The van der Waals surface area contributed by atoms with E-state index in [1.165, 1.54) is 24.4 Å². The van der Waals surface area contributed by atoms with Gasteiger partial charge in [-0.3, -0.25) is 0 Å². The van der Waals surface area contributed by atoms with Crippen molar-refractivity contribution in [3.8, 4) is 5.69 Å². The highest BCUT2D eigenvalue weighted by Gasteiger charge is 2.62. The van der Waals surface area contributed by atoms with Gasteiger partial charge in [0.25, 0.3) is 5.60 Å². The Bertz CT molecular complexity index is 1140. The lowest BCUT2D eigenvalue weighted by Gasteiger charge is -2.29. The van der Waals surface area contributed by atoms with Crippen LogP contribution in [0.3, 0.4) is 0 Å². The molecule has 2 aromatic carbocycles. The number of benzene rings is 2. The van der Waals surface area contributed by atoms with Gasteiger partial charge in [0.05, 0.1) is 22.6 Å². The van der Waals surface area contributed by atoms with Crippen LogP contribution >= 0.6 is 34.8 Å². The molecule has 4 rings (SSSR count). The van der Waals surface area contributed by atoms with Gasteiger partial charge in [0.15, 0.2) is 0 Å². The second-order valence-electron chi connectivity index (χ2n) is 6.89. The molecule has 0 N–H and O–H groups in total. The van der Waals surface area contributed by atoms with Crippen molar-refractivity contribution >= 4 is 40.5 Å². The summed E-state index contributed by atoms with van der Waals surface area (Å²) in [7, 11) is 0. The van der Waals surface area contributed by atoms with Gasteiger partial charge in [-0.05, 0) is 48.4 Å². The third-order valence-electron chi connectivity index (χ3n) is 4.84. The third-order valence-corrected chi connectivity index (χ3v) is 5.47. The zero-order valence-electron chi connectivity index (χ0n) is 15.3. The maximum atomic E-state index is 14.1. The fourth-order valence-electron chi connectivity index (χ4n) is 3.37. The maximum absolute atomic E-state index is 14.1. The molecule has 0 saturated carbocycles. The molecule has 1 aliphatic rings. The van der Waals surface area contributed by atoms with Crippen LogP contribution in [0.25, 0.3) is 5.69 Å². The SMILES string of the molecule is Cc1cc(C2=NOC(c3cc(Cl)cc(Cl)c3)(C(F)(F)F)C2)ccc1-n1cc(Cl)cn1. The van der Waals surface area contributed by atoms with E-state index >= 15 is 0 Å². The molecule has 0 fully saturated rings. The number of rotatable bonds is 3. The van der Waals surface area contributed by atoms with Gasteiger partial charge in [0.2, 0.25) is 0 Å². The summed E-state index contributed by atoms with van der Waals surface area (Å²) >= 11 is 17.8. The Morgan fingerprint density at radius 2 is 1.73 bits per heavy atom. The standard InChI is InChI=1S/C20H13Cl3F3N3O/c1-11-4-12(2-3-18(11)29-10-16(23)9-27-29)17-8-19(30-28-17,20(24,25)26)13-5-14(21)7-15(22)6-13/h2-7,9-10H,8H2,1H3. The zero-order valence-corrected chi connectivity index (χ0v) is 17.6. The van der Waals surface area contributed by atoms with E-state index in [0.717, 1.165) is 11.3 Å². The summed E-state index contributed by atoms with van der Waals surface area (Å²) in [5.41, 5.74) is -0.672. The molecule has 1 unspecified atom stereocenters. The van der Waals surface area contributed by atoms with E-state index in [4.69, 9.17) is 39.6 Å². The number of aromatic nitrogens is 2. The van der Waals surface area contributed by atoms with Crippen LogP contribution in [-0.2, 0) is 10.4 Å². The van der Waals surface area contributed by atoms with Crippen molar-refractivity contribution < 1.29 is 18.0 Å². The molecule has 30 heavy (non-hydrogen) atoms. The van der Waals surface area contributed by atoms with Gasteiger partial charge in [-0.2, -0.15) is 18.3 Å². The van der Waals surface area contributed by atoms with Crippen LogP contribution in [0.2, 0.25) is 15.1 Å². The van der Waals surface area contributed by atoms with Crippen molar-refractivity contribution in [3.05, 3.63) is 80.6 Å². The minimum atomic E-state index is -4.74. The topological polar surface area (TPSA) is 39.4 Å². The number of oxime groups is 1. The van der Waals surface area contributed by atoms with E-state index in [2.05, 4.69) is 10.3 Å². The molecule has 0 bridgehead atoms. The molecule has 0 radical (unpaired) electrons. The molecule has 0 saturated heterocycles. The van der Waals surface area contributed by atoms with Gasteiger partial charge in [-0.25, -0.2) is 4.68 Å². The molecule has 4 nitrogen and oxygen atoms in total. The molecule has 0 aliphatic carbocycles. The molecule has 1 atom stereocenters. The van der Waals surface area contributed by atoms with Crippen LogP contribution in [0.15, 0.2) is 53.9 Å². The Kier molecular flexibility index (Phi) is 5.24. The number of hydrogen-bond acceptors (Lipinski definition) is 3. The maximum Gasteiger partial charge on any atom is 0.435 e. The van der Waals surface area contributed by atoms with Crippen LogP contribution in [-0.4, -0.2) is 21.7 Å². The summed E-state index contributed by atoms with van der Waals surface area (Å²) in [6.45, 7) is 1.82. The molecule has 0 spiro atoms. The monoisotopic (exact) mass is 473 g/mol. The Hall–Kier alpha value is -2.22. The normalized spacial score (nSPS) is 19.0. The fraction of sp³-hybridized carbons (Fsp3) is 0.200. The molecule has 1 aliphatic heterocycles. The van der Waals surface area contributed by atoms with Gasteiger partial charge in [0.1, 0.15) is 0 Å². The van der Waals surface area contributed by atoms with Crippen LogP contribution in [0, 0.1) is 6.92 Å². The lowest BCUT2D eigenvalue weighted by atomic mass is 9.86. The number of aryl methyl sites for hydroxylation is 1. The number of nitrogens with zero attached hydrogens (tertiary/aromatic N) is 3. The molecule has 156 valence electrons. The summed E-state index contributed by atoms with van der Waals surface area (Å²) in [4.78, 5) is 5.04. The minimum Gasteiger partial charge on any atom is -0.374 e. The van der Waals surface area contributed by atoms with E-state index in [0.29, 0.717) is 10.6 Å². The average molecular weight is 475 g/mol. The molecular formula is C20H13Cl3F3N3O. The van der Waals surface area contributed by atoms with Crippen molar-refractivity contribution in [1.29, 1.82) is 0 Å². The highest BCUT2D eigenvalue weighted by atomic mass is 35.5. The zero-order chi connectivity index (χ0) is 21.7. The van der Waals surface area contributed by atoms with Crippen molar-refractivity contribution in [1.82, 2.24) is 9.78 Å². The van der Waals surface area contributed by atoms with E-state index in [-0.39, 0.29) is 21.3 Å². The summed E-state index contributed by atoms with van der Waals surface area (Å²) in [6, 6.07) is 8.86. The highest BCUT2D eigenvalue weighted by Crippen LogP contribution is 2.49. The third kappa shape index (κ3) is 3.66. The summed E-state index contributed by atoms with van der Waals surface area (Å²) in [5, 5.41) is 8.55. The first kappa shape index (κ1) is 21.0. The first-order valence-electron chi connectivity index (χ1n) is 8.69. The Morgan fingerprint density at radius 3 is 2.30 bits per heavy atom. The van der Waals surface area contributed by atoms with Crippen LogP contribution in [0.4, 0.5) is 13.2 Å². The quantitative estimate of drug-likeness (QED) is 0.422. The van der Waals surface area contributed by atoms with Crippen molar-refractivity contribution in [2.45, 2.75) is 25.1 Å². The van der Waals surface area contributed by atoms with Gasteiger partial charge in [0, 0.05) is 28.2 Å². The average Bonchev–Trinajstić information content (AvgIpc) is 3.28. The van der Waals surface area contributed by atoms with E-state index in [1.807, 2.05) is 6.92 Å². The van der Waals surface area contributed by atoms with E-state index < -0.39 is 18.2 Å². The smallest absolute Gasteiger partial charge is 0.374 e. The first-order chi connectivity index (χ1) is 14.1. The van der Waals surface area contributed by atoms with Crippen LogP contribution in [0.1, 0.15) is 23.1 Å². The molecule has 2 heterocycles. The number of alkyl halides is 3. The van der Waals surface area contributed by atoms with Gasteiger partial charge >= 0.3 is 6.18 Å². The van der Waals surface area contributed by atoms with Gasteiger partial charge in [-0.15, -0.1) is 0 Å². The Balaban J connectivity index is 1.70. The largest absolute Gasteiger partial charge is 0.435 e.